The molecular formula is C28H38N2O3S2. The van der Waals surface area contributed by atoms with Gasteiger partial charge in [0.25, 0.3) is 5.91 Å². The lowest BCUT2D eigenvalue weighted by molar-refractivity contribution is -0.140. The average molecular weight is 515 g/mol. The number of hydrogen-bond acceptors (Lipinski definition) is 6. The SMILES string of the molecule is CCCCCOC(=O)CSC1Nc2sc3c(c2C(=O)N1Cc1ccccc1)CCC(C(C)(C)C)C3. The van der Waals surface area contributed by atoms with Gasteiger partial charge in [0.1, 0.15) is 5.00 Å². The average Bonchev–Trinajstić information content (AvgIpc) is 3.20. The third-order valence-electron chi connectivity index (χ3n) is 7.07. The first-order valence-corrected chi connectivity index (χ1v) is 14.7. The number of thioether (sulfide) groups is 1. The normalized spacial score (nSPS) is 19.7. The van der Waals surface area contributed by atoms with Gasteiger partial charge in [-0.3, -0.25) is 9.59 Å². The van der Waals surface area contributed by atoms with Crippen LogP contribution in [-0.2, 0) is 28.9 Å². The number of fused-ring (bicyclic) bond motifs is 3. The van der Waals surface area contributed by atoms with Crippen molar-refractivity contribution in [2.75, 3.05) is 17.7 Å². The lowest BCUT2D eigenvalue weighted by Crippen LogP contribution is -2.46. The Morgan fingerprint density at radius 3 is 2.71 bits per heavy atom. The lowest BCUT2D eigenvalue weighted by Gasteiger charge is -2.37. The second-order valence-corrected chi connectivity index (χ2v) is 12.8. The van der Waals surface area contributed by atoms with Gasteiger partial charge in [0.2, 0.25) is 0 Å². The van der Waals surface area contributed by atoms with Crippen molar-refractivity contribution in [1.82, 2.24) is 4.90 Å². The number of esters is 1. The van der Waals surface area contributed by atoms with Crippen LogP contribution in [0.3, 0.4) is 0 Å². The highest BCUT2D eigenvalue weighted by molar-refractivity contribution is 8.00. The number of nitrogens with zero attached hydrogens (tertiary/aromatic N) is 1. The molecule has 2 atom stereocenters. The fourth-order valence-electron chi connectivity index (χ4n) is 4.89. The van der Waals surface area contributed by atoms with E-state index in [-0.39, 0.29) is 28.5 Å². The highest BCUT2D eigenvalue weighted by Gasteiger charge is 2.40. The Balaban J connectivity index is 1.53. The van der Waals surface area contributed by atoms with E-state index in [1.807, 2.05) is 35.2 Å². The second-order valence-electron chi connectivity index (χ2n) is 10.7. The quantitative estimate of drug-likeness (QED) is 0.297. The number of carbonyl (C=O) groups excluding carboxylic acids is 2. The highest BCUT2D eigenvalue weighted by Crippen LogP contribution is 2.47. The van der Waals surface area contributed by atoms with E-state index in [1.165, 1.54) is 22.2 Å². The molecule has 1 N–H and O–H groups in total. The molecule has 2 heterocycles. The Bertz CT molecular complexity index is 1030. The zero-order chi connectivity index (χ0) is 25.0. The van der Waals surface area contributed by atoms with Crippen molar-refractivity contribution in [2.24, 2.45) is 11.3 Å². The minimum Gasteiger partial charge on any atom is -0.465 e. The Morgan fingerprint density at radius 2 is 2.00 bits per heavy atom. The van der Waals surface area contributed by atoms with Crippen molar-refractivity contribution in [3.05, 3.63) is 51.9 Å². The summed E-state index contributed by atoms with van der Waals surface area (Å²) >= 11 is 3.18. The molecule has 35 heavy (non-hydrogen) atoms. The summed E-state index contributed by atoms with van der Waals surface area (Å²) in [6.45, 7) is 10.0. The number of nitrogens with one attached hydrogen (secondary N) is 1. The first kappa shape index (κ1) is 26.1. The summed E-state index contributed by atoms with van der Waals surface area (Å²) in [6.07, 6.45) is 6.16. The van der Waals surface area contributed by atoms with Crippen LogP contribution in [0.2, 0.25) is 0 Å². The second kappa shape index (κ2) is 11.4. The Morgan fingerprint density at radius 1 is 1.23 bits per heavy atom. The third-order valence-corrected chi connectivity index (χ3v) is 9.34. The van der Waals surface area contributed by atoms with E-state index in [2.05, 4.69) is 33.0 Å². The predicted octanol–water partition coefficient (Wildman–Crippen LogP) is 6.72. The molecule has 0 spiro atoms. The van der Waals surface area contributed by atoms with Gasteiger partial charge in [-0.2, -0.15) is 0 Å². The van der Waals surface area contributed by atoms with Crippen LogP contribution in [0.4, 0.5) is 5.00 Å². The van der Waals surface area contributed by atoms with Gasteiger partial charge in [0.05, 0.1) is 17.9 Å². The molecule has 0 radical (unpaired) electrons. The number of thiophene rings is 1. The van der Waals surface area contributed by atoms with E-state index < -0.39 is 0 Å². The van der Waals surface area contributed by atoms with Crippen molar-refractivity contribution < 1.29 is 14.3 Å². The predicted molar refractivity (Wildman–Crippen MR) is 146 cm³/mol. The molecule has 0 saturated carbocycles. The number of hydrogen-bond donors (Lipinski definition) is 1. The number of rotatable bonds is 9. The summed E-state index contributed by atoms with van der Waals surface area (Å²) in [7, 11) is 0. The summed E-state index contributed by atoms with van der Waals surface area (Å²) in [5.41, 5.74) is 3.12. The van der Waals surface area contributed by atoms with Crippen LogP contribution >= 0.6 is 23.1 Å². The molecule has 0 fully saturated rings. The van der Waals surface area contributed by atoms with E-state index in [0.29, 0.717) is 19.1 Å². The first-order chi connectivity index (χ1) is 16.8. The van der Waals surface area contributed by atoms with E-state index >= 15 is 0 Å². The molecule has 190 valence electrons. The topological polar surface area (TPSA) is 58.6 Å². The van der Waals surface area contributed by atoms with Crippen molar-refractivity contribution in [1.29, 1.82) is 0 Å². The largest absolute Gasteiger partial charge is 0.465 e. The summed E-state index contributed by atoms with van der Waals surface area (Å²) in [5.74, 6) is 0.695. The third kappa shape index (κ3) is 6.23. The number of carbonyl (C=O) groups is 2. The van der Waals surface area contributed by atoms with E-state index in [1.54, 1.807) is 11.3 Å². The number of anilines is 1. The molecule has 1 aromatic heterocycles. The van der Waals surface area contributed by atoms with Gasteiger partial charge in [-0.1, -0.05) is 70.9 Å². The van der Waals surface area contributed by atoms with Crippen LogP contribution in [0, 0.1) is 11.3 Å². The number of amides is 1. The molecule has 1 aliphatic heterocycles. The maximum atomic E-state index is 13.9. The molecule has 1 aromatic carbocycles. The molecule has 5 nitrogen and oxygen atoms in total. The van der Waals surface area contributed by atoms with Gasteiger partial charge in [0, 0.05) is 11.4 Å². The zero-order valence-corrected chi connectivity index (χ0v) is 23.0. The smallest absolute Gasteiger partial charge is 0.316 e. The minimum atomic E-state index is -0.308. The molecule has 2 aromatic rings. The van der Waals surface area contributed by atoms with E-state index in [9.17, 15) is 9.59 Å². The standard InChI is InChI=1S/C28H38N2O3S2/c1-5-6-10-15-33-23(31)18-34-27-29-25-24(26(32)30(27)17-19-11-8-7-9-12-19)21-14-13-20(28(2,3)4)16-22(21)35-25/h7-9,11-12,20,27,29H,5-6,10,13-18H2,1-4H3. The summed E-state index contributed by atoms with van der Waals surface area (Å²) in [6, 6.07) is 10.1. The molecule has 1 amide bonds. The van der Waals surface area contributed by atoms with Gasteiger partial charge < -0.3 is 15.0 Å². The molecule has 2 unspecified atom stereocenters. The summed E-state index contributed by atoms with van der Waals surface area (Å²) in [4.78, 5) is 29.5. The number of benzene rings is 1. The maximum Gasteiger partial charge on any atom is 0.316 e. The van der Waals surface area contributed by atoms with Crippen LogP contribution in [0.5, 0.6) is 0 Å². The Hall–Kier alpha value is -1.99. The van der Waals surface area contributed by atoms with Crippen LogP contribution in [0.15, 0.2) is 30.3 Å². The molecule has 7 heteroatoms. The zero-order valence-electron chi connectivity index (χ0n) is 21.4. The Kier molecular flexibility index (Phi) is 8.48. The summed E-state index contributed by atoms with van der Waals surface area (Å²) < 4.78 is 5.41. The van der Waals surface area contributed by atoms with Crippen molar-refractivity contribution in [2.45, 2.75) is 78.3 Å². The van der Waals surface area contributed by atoms with E-state index in [4.69, 9.17) is 4.74 Å². The Labute approximate surface area is 218 Å². The fraction of sp³-hybridized carbons (Fsp3) is 0.571. The number of unbranched alkanes of at least 4 members (excludes halogenated alkanes) is 2. The first-order valence-electron chi connectivity index (χ1n) is 12.8. The fourth-order valence-corrected chi connectivity index (χ4v) is 7.23. The number of ether oxygens (including phenoxy) is 1. The van der Waals surface area contributed by atoms with Crippen LogP contribution in [0.25, 0.3) is 0 Å². The molecule has 0 saturated heterocycles. The van der Waals surface area contributed by atoms with Crippen LogP contribution in [0.1, 0.15) is 79.7 Å². The maximum absolute atomic E-state index is 13.9. The molecule has 2 aliphatic rings. The summed E-state index contributed by atoms with van der Waals surface area (Å²) in [5, 5.41) is 4.58. The van der Waals surface area contributed by atoms with Crippen molar-refractivity contribution >= 4 is 40.0 Å². The molecular weight excluding hydrogens is 476 g/mol. The molecule has 4 rings (SSSR count). The van der Waals surface area contributed by atoms with Gasteiger partial charge in [-0.15, -0.1) is 23.1 Å². The monoisotopic (exact) mass is 514 g/mol. The van der Waals surface area contributed by atoms with E-state index in [0.717, 1.165) is 54.7 Å². The minimum absolute atomic E-state index is 0.0723. The van der Waals surface area contributed by atoms with Crippen LogP contribution in [-0.4, -0.2) is 34.6 Å². The van der Waals surface area contributed by atoms with Crippen molar-refractivity contribution in [3.8, 4) is 0 Å². The highest BCUT2D eigenvalue weighted by atomic mass is 32.2. The van der Waals surface area contributed by atoms with Crippen molar-refractivity contribution in [3.63, 3.8) is 0 Å². The molecule has 0 bridgehead atoms. The van der Waals surface area contributed by atoms with Gasteiger partial charge in [-0.25, -0.2) is 0 Å². The van der Waals surface area contributed by atoms with Crippen LogP contribution < -0.4 is 5.32 Å². The molecule has 1 aliphatic carbocycles. The van der Waals surface area contributed by atoms with Gasteiger partial charge >= 0.3 is 5.97 Å². The van der Waals surface area contributed by atoms with Gasteiger partial charge in [-0.05, 0) is 48.1 Å². The lowest BCUT2D eigenvalue weighted by atomic mass is 9.72. The van der Waals surface area contributed by atoms with Gasteiger partial charge in [0.15, 0.2) is 5.50 Å².